The number of carbonyl (C=O) groups excluding carboxylic acids is 1. The summed E-state index contributed by atoms with van der Waals surface area (Å²) in [6, 6.07) is 21.1. The Morgan fingerprint density at radius 3 is 2.45 bits per heavy atom. The molecule has 0 saturated heterocycles. The fourth-order valence-corrected chi connectivity index (χ4v) is 2.76. The van der Waals surface area contributed by atoms with E-state index >= 15 is 0 Å². The van der Waals surface area contributed by atoms with Crippen molar-refractivity contribution in [3.8, 4) is 23.0 Å². The zero-order chi connectivity index (χ0) is 20.1. The van der Waals surface area contributed by atoms with E-state index in [1.807, 2.05) is 12.1 Å². The Bertz CT molecular complexity index is 1090. The summed E-state index contributed by atoms with van der Waals surface area (Å²) in [4.78, 5) is 12.6. The number of aromatic nitrogens is 2. The van der Waals surface area contributed by atoms with E-state index < -0.39 is 5.97 Å². The van der Waals surface area contributed by atoms with Gasteiger partial charge in [-0.3, -0.25) is 0 Å². The number of halogens is 1. The summed E-state index contributed by atoms with van der Waals surface area (Å²) in [5.74, 6) is 0.715. The van der Waals surface area contributed by atoms with Gasteiger partial charge in [0, 0.05) is 10.6 Å². The smallest absolute Gasteiger partial charge is 0.347 e. The standard InChI is InChI=1S/C22H15ClN2O4/c23-17-9-5-15(6-10-17)13-27-20-4-2-1-3-19(20)22(26)29-18-11-7-16(8-12-18)21-25-24-14-28-21/h1-12,14H,13H2. The molecular formula is C22H15ClN2O4. The highest BCUT2D eigenvalue weighted by molar-refractivity contribution is 6.30. The fourth-order valence-electron chi connectivity index (χ4n) is 2.63. The third kappa shape index (κ3) is 4.62. The summed E-state index contributed by atoms with van der Waals surface area (Å²) < 4.78 is 16.4. The third-order valence-corrected chi connectivity index (χ3v) is 4.34. The number of ether oxygens (including phenoxy) is 2. The highest BCUT2D eigenvalue weighted by Gasteiger charge is 2.15. The molecule has 0 aliphatic carbocycles. The summed E-state index contributed by atoms with van der Waals surface area (Å²) >= 11 is 5.90. The van der Waals surface area contributed by atoms with Crippen molar-refractivity contribution in [3.63, 3.8) is 0 Å². The molecule has 0 N–H and O–H groups in total. The van der Waals surface area contributed by atoms with Gasteiger partial charge in [0.2, 0.25) is 12.3 Å². The zero-order valence-corrected chi connectivity index (χ0v) is 15.9. The summed E-state index contributed by atoms with van der Waals surface area (Å²) in [7, 11) is 0. The minimum absolute atomic E-state index is 0.306. The van der Waals surface area contributed by atoms with Gasteiger partial charge in [0.15, 0.2) is 0 Å². The van der Waals surface area contributed by atoms with Crippen LogP contribution >= 0.6 is 11.6 Å². The Morgan fingerprint density at radius 2 is 1.72 bits per heavy atom. The van der Waals surface area contributed by atoms with E-state index in [0.29, 0.717) is 34.6 Å². The lowest BCUT2D eigenvalue weighted by Gasteiger charge is -2.11. The summed E-state index contributed by atoms with van der Waals surface area (Å²) in [5, 5.41) is 8.13. The predicted octanol–water partition coefficient (Wildman–Crippen LogP) is 5.19. The molecular weight excluding hydrogens is 392 g/mol. The maximum absolute atomic E-state index is 12.6. The molecule has 7 heteroatoms. The first-order valence-corrected chi connectivity index (χ1v) is 9.12. The molecule has 3 aromatic carbocycles. The van der Waals surface area contributed by atoms with E-state index in [1.165, 1.54) is 6.39 Å². The molecule has 0 unspecified atom stereocenters. The van der Waals surface area contributed by atoms with Crippen LogP contribution in [-0.4, -0.2) is 16.2 Å². The molecule has 0 spiro atoms. The quantitative estimate of drug-likeness (QED) is 0.324. The van der Waals surface area contributed by atoms with Crippen molar-refractivity contribution in [3.05, 3.63) is 95.3 Å². The van der Waals surface area contributed by atoms with Crippen LogP contribution in [0.5, 0.6) is 11.5 Å². The zero-order valence-electron chi connectivity index (χ0n) is 15.1. The monoisotopic (exact) mass is 406 g/mol. The van der Waals surface area contributed by atoms with Crippen LogP contribution in [0.2, 0.25) is 5.02 Å². The molecule has 0 radical (unpaired) electrons. The van der Waals surface area contributed by atoms with Crippen molar-refractivity contribution in [2.24, 2.45) is 0 Å². The minimum Gasteiger partial charge on any atom is -0.488 e. The second-order valence-corrected chi connectivity index (χ2v) is 6.51. The van der Waals surface area contributed by atoms with Gasteiger partial charge in [-0.2, -0.15) is 0 Å². The number of rotatable bonds is 6. The Morgan fingerprint density at radius 1 is 0.966 bits per heavy atom. The van der Waals surface area contributed by atoms with Crippen molar-refractivity contribution >= 4 is 17.6 Å². The van der Waals surface area contributed by atoms with Crippen LogP contribution in [0, 0.1) is 0 Å². The maximum Gasteiger partial charge on any atom is 0.347 e. The van der Waals surface area contributed by atoms with Gasteiger partial charge in [-0.15, -0.1) is 10.2 Å². The Labute approximate surface area is 171 Å². The average Bonchev–Trinajstić information content (AvgIpc) is 3.29. The molecule has 0 saturated carbocycles. The SMILES string of the molecule is O=C(Oc1ccc(-c2nnco2)cc1)c1ccccc1OCc1ccc(Cl)cc1. The van der Waals surface area contributed by atoms with Crippen molar-refractivity contribution in [2.45, 2.75) is 6.61 Å². The van der Waals surface area contributed by atoms with Crippen molar-refractivity contribution in [1.29, 1.82) is 0 Å². The summed E-state index contributed by atoms with van der Waals surface area (Å²) in [5.41, 5.74) is 2.01. The molecule has 4 aromatic rings. The van der Waals surface area contributed by atoms with Crippen molar-refractivity contribution < 1.29 is 18.7 Å². The van der Waals surface area contributed by atoms with Crippen LogP contribution in [0.15, 0.2) is 83.6 Å². The third-order valence-electron chi connectivity index (χ3n) is 4.09. The van der Waals surface area contributed by atoms with E-state index in [1.54, 1.807) is 60.7 Å². The van der Waals surface area contributed by atoms with Gasteiger partial charge >= 0.3 is 5.97 Å². The van der Waals surface area contributed by atoms with Gasteiger partial charge < -0.3 is 13.9 Å². The van der Waals surface area contributed by atoms with Crippen molar-refractivity contribution in [1.82, 2.24) is 10.2 Å². The molecule has 0 fully saturated rings. The van der Waals surface area contributed by atoms with Gasteiger partial charge in [-0.1, -0.05) is 35.9 Å². The molecule has 0 aliphatic heterocycles. The van der Waals surface area contributed by atoms with Crippen LogP contribution < -0.4 is 9.47 Å². The van der Waals surface area contributed by atoms with Gasteiger partial charge in [0.1, 0.15) is 23.7 Å². The molecule has 0 bridgehead atoms. The molecule has 1 heterocycles. The highest BCUT2D eigenvalue weighted by Crippen LogP contribution is 2.24. The van der Waals surface area contributed by atoms with Crippen LogP contribution in [-0.2, 0) is 6.61 Å². The fraction of sp³-hybridized carbons (Fsp3) is 0.0455. The summed E-state index contributed by atoms with van der Waals surface area (Å²) in [6.07, 6.45) is 1.25. The second kappa shape index (κ2) is 8.58. The number of para-hydroxylation sites is 1. The van der Waals surface area contributed by atoms with E-state index in [-0.39, 0.29) is 0 Å². The molecule has 1 aromatic heterocycles. The van der Waals surface area contributed by atoms with Gasteiger partial charge in [-0.05, 0) is 54.1 Å². The number of carbonyl (C=O) groups is 1. The van der Waals surface area contributed by atoms with E-state index in [9.17, 15) is 4.79 Å². The van der Waals surface area contributed by atoms with E-state index in [4.69, 9.17) is 25.5 Å². The average molecular weight is 407 g/mol. The summed E-state index contributed by atoms with van der Waals surface area (Å²) in [6.45, 7) is 0.306. The number of benzene rings is 3. The maximum atomic E-state index is 12.6. The first kappa shape index (κ1) is 18.7. The topological polar surface area (TPSA) is 74.5 Å². The molecule has 6 nitrogen and oxygen atoms in total. The first-order chi connectivity index (χ1) is 14.2. The minimum atomic E-state index is -0.512. The molecule has 0 amide bonds. The lowest BCUT2D eigenvalue weighted by molar-refractivity contribution is 0.0729. The largest absolute Gasteiger partial charge is 0.488 e. The molecule has 4 rings (SSSR count). The lowest BCUT2D eigenvalue weighted by Crippen LogP contribution is -2.11. The van der Waals surface area contributed by atoms with E-state index in [2.05, 4.69) is 10.2 Å². The molecule has 0 aliphatic rings. The molecule has 0 atom stereocenters. The van der Waals surface area contributed by atoms with Crippen LogP contribution in [0.1, 0.15) is 15.9 Å². The normalized spacial score (nSPS) is 10.5. The number of hydrogen-bond acceptors (Lipinski definition) is 6. The Kier molecular flexibility index (Phi) is 5.54. The molecule has 144 valence electrons. The number of esters is 1. The van der Waals surface area contributed by atoms with Crippen molar-refractivity contribution in [2.75, 3.05) is 0 Å². The Hall–Kier alpha value is -3.64. The Balaban J connectivity index is 1.45. The highest BCUT2D eigenvalue weighted by atomic mass is 35.5. The first-order valence-electron chi connectivity index (χ1n) is 8.74. The molecule has 29 heavy (non-hydrogen) atoms. The van der Waals surface area contributed by atoms with Crippen LogP contribution in [0.25, 0.3) is 11.5 Å². The van der Waals surface area contributed by atoms with Crippen LogP contribution in [0.3, 0.4) is 0 Å². The van der Waals surface area contributed by atoms with Crippen LogP contribution in [0.4, 0.5) is 0 Å². The second-order valence-electron chi connectivity index (χ2n) is 6.07. The van der Waals surface area contributed by atoms with Gasteiger partial charge in [0.05, 0.1) is 0 Å². The number of nitrogens with zero attached hydrogens (tertiary/aromatic N) is 2. The number of hydrogen-bond donors (Lipinski definition) is 0. The van der Waals surface area contributed by atoms with E-state index in [0.717, 1.165) is 11.1 Å². The van der Waals surface area contributed by atoms with Gasteiger partial charge in [0.25, 0.3) is 0 Å². The lowest BCUT2D eigenvalue weighted by atomic mass is 10.2. The predicted molar refractivity (Wildman–Crippen MR) is 107 cm³/mol. The van der Waals surface area contributed by atoms with Gasteiger partial charge in [-0.25, -0.2) is 4.79 Å².